The van der Waals surface area contributed by atoms with Crippen LogP contribution >= 0.6 is 11.3 Å². The predicted molar refractivity (Wildman–Crippen MR) is 80.5 cm³/mol. The molecule has 2 N–H and O–H groups in total. The summed E-state index contributed by atoms with van der Waals surface area (Å²) in [5.74, 6) is -0.398. The molecule has 3 aromatic rings. The van der Waals surface area contributed by atoms with Gasteiger partial charge in [-0.15, -0.1) is 11.3 Å². The molecule has 0 fully saturated rings. The normalized spacial score (nSPS) is 10.7. The van der Waals surface area contributed by atoms with Crippen LogP contribution in [0, 0.1) is 0 Å². The molecule has 0 atom stereocenters. The van der Waals surface area contributed by atoms with E-state index < -0.39 is 5.91 Å². The van der Waals surface area contributed by atoms with E-state index in [2.05, 4.69) is 5.10 Å². The standard InChI is InChI=1S/C15H13N3OS/c1-18-14(11-7-13(15(16)19)20-9-11)12(8-17-18)10-5-3-2-4-6-10/h2-9H,1H3,(H2,16,19). The van der Waals surface area contributed by atoms with Crippen molar-refractivity contribution in [3.8, 4) is 22.4 Å². The Morgan fingerprint density at radius 1 is 1.25 bits per heavy atom. The minimum absolute atomic E-state index is 0.398. The molecule has 0 saturated carbocycles. The number of aromatic nitrogens is 2. The fourth-order valence-corrected chi connectivity index (χ4v) is 2.94. The lowest BCUT2D eigenvalue weighted by molar-refractivity contribution is 0.100. The molecule has 5 heteroatoms. The molecule has 3 rings (SSSR count). The number of carbonyl (C=O) groups excluding carboxylic acids is 1. The van der Waals surface area contributed by atoms with Crippen LogP contribution in [0.25, 0.3) is 22.4 Å². The van der Waals surface area contributed by atoms with Crippen LogP contribution in [0.1, 0.15) is 9.67 Å². The smallest absolute Gasteiger partial charge is 0.258 e. The summed E-state index contributed by atoms with van der Waals surface area (Å²) in [5, 5.41) is 6.26. The van der Waals surface area contributed by atoms with Gasteiger partial charge in [-0.1, -0.05) is 30.3 Å². The van der Waals surface area contributed by atoms with Gasteiger partial charge in [-0.25, -0.2) is 0 Å². The van der Waals surface area contributed by atoms with E-state index >= 15 is 0 Å². The first-order chi connectivity index (χ1) is 9.66. The van der Waals surface area contributed by atoms with E-state index in [-0.39, 0.29) is 0 Å². The maximum atomic E-state index is 11.2. The van der Waals surface area contributed by atoms with Gasteiger partial charge in [0.1, 0.15) is 0 Å². The molecule has 0 unspecified atom stereocenters. The summed E-state index contributed by atoms with van der Waals surface area (Å²) in [6.45, 7) is 0. The third kappa shape index (κ3) is 2.12. The maximum Gasteiger partial charge on any atom is 0.258 e. The Bertz CT molecular complexity index is 759. The Kier molecular flexibility index (Phi) is 3.12. The van der Waals surface area contributed by atoms with Crippen LogP contribution in [-0.4, -0.2) is 15.7 Å². The minimum atomic E-state index is -0.398. The van der Waals surface area contributed by atoms with Gasteiger partial charge in [-0.3, -0.25) is 9.48 Å². The van der Waals surface area contributed by atoms with Gasteiger partial charge in [0, 0.05) is 23.6 Å². The van der Waals surface area contributed by atoms with Crippen molar-refractivity contribution in [2.24, 2.45) is 12.8 Å². The average Bonchev–Trinajstić information content (AvgIpc) is 3.06. The van der Waals surface area contributed by atoms with Gasteiger partial charge < -0.3 is 5.73 Å². The van der Waals surface area contributed by atoms with E-state index in [0.717, 1.165) is 22.4 Å². The quantitative estimate of drug-likeness (QED) is 0.803. The molecular weight excluding hydrogens is 270 g/mol. The highest BCUT2D eigenvalue weighted by Gasteiger charge is 2.15. The van der Waals surface area contributed by atoms with Crippen LogP contribution in [0.15, 0.2) is 48.0 Å². The van der Waals surface area contributed by atoms with Crippen molar-refractivity contribution in [1.29, 1.82) is 0 Å². The van der Waals surface area contributed by atoms with Gasteiger partial charge in [0.25, 0.3) is 5.91 Å². The van der Waals surface area contributed by atoms with Crippen molar-refractivity contribution in [2.75, 3.05) is 0 Å². The monoisotopic (exact) mass is 283 g/mol. The Balaban J connectivity index is 2.14. The molecule has 0 spiro atoms. The summed E-state index contributed by atoms with van der Waals surface area (Å²) in [4.78, 5) is 11.8. The van der Waals surface area contributed by atoms with Crippen molar-refractivity contribution in [3.05, 3.63) is 52.9 Å². The first kappa shape index (κ1) is 12.6. The van der Waals surface area contributed by atoms with Gasteiger partial charge in [0.05, 0.1) is 16.8 Å². The largest absolute Gasteiger partial charge is 0.365 e. The van der Waals surface area contributed by atoms with Crippen LogP contribution in [0.3, 0.4) is 0 Å². The lowest BCUT2D eigenvalue weighted by Crippen LogP contribution is -2.08. The second-order valence-corrected chi connectivity index (χ2v) is 5.37. The molecule has 0 aliphatic carbocycles. The number of hydrogen-bond donors (Lipinski definition) is 1. The average molecular weight is 283 g/mol. The van der Waals surface area contributed by atoms with E-state index in [1.54, 1.807) is 0 Å². The van der Waals surface area contributed by atoms with Crippen molar-refractivity contribution >= 4 is 17.2 Å². The van der Waals surface area contributed by atoms with Crippen molar-refractivity contribution in [3.63, 3.8) is 0 Å². The molecule has 100 valence electrons. The third-order valence-corrected chi connectivity index (χ3v) is 4.08. The van der Waals surface area contributed by atoms with Crippen LogP contribution in [0.5, 0.6) is 0 Å². The number of benzene rings is 1. The number of hydrogen-bond acceptors (Lipinski definition) is 3. The summed E-state index contributed by atoms with van der Waals surface area (Å²) < 4.78 is 1.81. The van der Waals surface area contributed by atoms with Gasteiger partial charge >= 0.3 is 0 Å². The molecule has 1 aromatic carbocycles. The number of nitrogens with zero attached hydrogens (tertiary/aromatic N) is 2. The van der Waals surface area contributed by atoms with Gasteiger partial charge in [0.2, 0.25) is 0 Å². The zero-order chi connectivity index (χ0) is 14.1. The van der Waals surface area contributed by atoms with Crippen LogP contribution in [0.4, 0.5) is 0 Å². The van der Waals surface area contributed by atoms with Crippen LogP contribution in [-0.2, 0) is 7.05 Å². The Labute approximate surface area is 120 Å². The highest BCUT2D eigenvalue weighted by atomic mass is 32.1. The van der Waals surface area contributed by atoms with E-state index in [9.17, 15) is 4.79 Å². The summed E-state index contributed by atoms with van der Waals surface area (Å²) in [7, 11) is 1.89. The highest BCUT2D eigenvalue weighted by Crippen LogP contribution is 2.33. The molecule has 1 amide bonds. The molecule has 4 nitrogen and oxygen atoms in total. The number of rotatable bonds is 3. The highest BCUT2D eigenvalue weighted by molar-refractivity contribution is 7.12. The molecule has 0 aliphatic heterocycles. The van der Waals surface area contributed by atoms with Crippen molar-refractivity contribution < 1.29 is 4.79 Å². The molecule has 0 saturated heterocycles. The number of carbonyl (C=O) groups is 1. The number of thiophene rings is 1. The lowest BCUT2D eigenvalue weighted by atomic mass is 10.0. The summed E-state index contributed by atoms with van der Waals surface area (Å²) in [6.07, 6.45) is 1.84. The second kappa shape index (κ2) is 4.94. The lowest BCUT2D eigenvalue weighted by Gasteiger charge is -2.04. The number of aryl methyl sites for hydroxylation is 1. The first-order valence-corrected chi connectivity index (χ1v) is 7.01. The zero-order valence-corrected chi connectivity index (χ0v) is 11.7. The number of nitrogens with two attached hydrogens (primary N) is 1. The second-order valence-electron chi connectivity index (χ2n) is 4.46. The Morgan fingerprint density at radius 3 is 2.65 bits per heavy atom. The van der Waals surface area contributed by atoms with Gasteiger partial charge in [0.15, 0.2) is 0 Å². The number of primary amides is 1. The van der Waals surface area contributed by atoms with E-state index in [4.69, 9.17) is 5.73 Å². The van der Waals surface area contributed by atoms with Crippen LogP contribution in [0.2, 0.25) is 0 Å². The fraction of sp³-hybridized carbons (Fsp3) is 0.0667. The molecule has 2 heterocycles. The van der Waals surface area contributed by atoms with Gasteiger partial charge in [-0.2, -0.15) is 5.10 Å². The Hall–Kier alpha value is -2.40. The SMILES string of the molecule is Cn1ncc(-c2ccccc2)c1-c1csc(C(N)=O)c1. The molecular formula is C15H13N3OS. The van der Waals surface area contributed by atoms with Crippen molar-refractivity contribution in [1.82, 2.24) is 9.78 Å². The van der Waals surface area contributed by atoms with Gasteiger partial charge in [-0.05, 0) is 11.6 Å². The van der Waals surface area contributed by atoms with E-state index in [0.29, 0.717) is 4.88 Å². The maximum absolute atomic E-state index is 11.2. The first-order valence-electron chi connectivity index (χ1n) is 6.13. The van der Waals surface area contributed by atoms with Crippen LogP contribution < -0.4 is 5.73 Å². The summed E-state index contributed by atoms with van der Waals surface area (Å²) >= 11 is 1.35. The molecule has 20 heavy (non-hydrogen) atoms. The predicted octanol–water partition coefficient (Wildman–Crippen LogP) is 2.91. The summed E-state index contributed by atoms with van der Waals surface area (Å²) in [5.41, 5.74) is 9.41. The summed E-state index contributed by atoms with van der Waals surface area (Å²) in [6, 6.07) is 11.9. The zero-order valence-electron chi connectivity index (χ0n) is 10.9. The molecule has 0 aliphatic rings. The van der Waals surface area contributed by atoms with E-state index in [1.807, 2.05) is 59.7 Å². The molecule has 0 radical (unpaired) electrons. The third-order valence-electron chi connectivity index (χ3n) is 3.14. The minimum Gasteiger partial charge on any atom is -0.365 e. The molecule has 0 bridgehead atoms. The number of amides is 1. The van der Waals surface area contributed by atoms with Crippen molar-refractivity contribution in [2.45, 2.75) is 0 Å². The van der Waals surface area contributed by atoms with E-state index in [1.165, 1.54) is 11.3 Å². The fourth-order valence-electron chi connectivity index (χ4n) is 2.20. The topological polar surface area (TPSA) is 60.9 Å². The molecule has 2 aromatic heterocycles. The Morgan fingerprint density at radius 2 is 2.00 bits per heavy atom.